The van der Waals surface area contributed by atoms with Crippen LogP contribution < -0.4 is 0 Å². The molecule has 1 atom stereocenters. The van der Waals surface area contributed by atoms with E-state index >= 15 is 0 Å². The van der Waals surface area contributed by atoms with E-state index in [0.717, 1.165) is 31.6 Å². The average Bonchev–Trinajstić information content (AvgIpc) is 3.04. The molecule has 0 fully saturated rings. The summed E-state index contributed by atoms with van der Waals surface area (Å²) in [5, 5.41) is 10.00. The minimum absolute atomic E-state index is 0.108. The van der Waals surface area contributed by atoms with Gasteiger partial charge < -0.3 is 14.6 Å². The van der Waals surface area contributed by atoms with E-state index in [1.807, 2.05) is 0 Å². The largest absolute Gasteiger partial charge is 0.463 e. The zero-order chi connectivity index (χ0) is 33.8. The fourth-order valence-electron chi connectivity index (χ4n) is 6.15. The summed E-state index contributed by atoms with van der Waals surface area (Å²) in [6.07, 6.45) is 38.8. The third-order valence-electron chi connectivity index (χ3n) is 9.27. The number of aliphatic hydroxyl groups excluding tert-OH is 1. The highest BCUT2D eigenvalue weighted by molar-refractivity contribution is 5.69. The molecule has 5 heteroatoms. The number of ether oxygens (including phenoxy) is 2. The van der Waals surface area contributed by atoms with Gasteiger partial charge in [0.05, 0.1) is 0 Å². The molecule has 0 aromatic carbocycles. The van der Waals surface area contributed by atoms with Crippen LogP contribution >= 0.6 is 0 Å². The lowest BCUT2D eigenvalue weighted by Gasteiger charge is -2.12. The normalized spacial score (nSPS) is 12.1. The van der Waals surface area contributed by atoms with Crippen LogP contribution in [0.4, 0.5) is 0 Å². The lowest BCUT2D eigenvalue weighted by molar-refractivity contribution is -0.152. The highest BCUT2D eigenvalue weighted by atomic mass is 16.6. The average molecular weight is 653 g/mol. The lowest BCUT2D eigenvalue weighted by atomic mass is 10.0. The Morgan fingerprint density at radius 3 is 0.978 bits per heavy atom. The number of carbonyl (C=O) groups excluding carboxylic acids is 2. The van der Waals surface area contributed by atoms with Crippen molar-refractivity contribution in [2.45, 2.75) is 232 Å². The van der Waals surface area contributed by atoms with Crippen LogP contribution in [0, 0.1) is 5.92 Å². The van der Waals surface area contributed by atoms with Crippen LogP contribution in [0.25, 0.3) is 0 Å². The minimum Gasteiger partial charge on any atom is -0.463 e. The fraction of sp³-hybridized carbons (Fsp3) is 0.951. The third kappa shape index (κ3) is 37.4. The molecular weight excluding hydrogens is 572 g/mol. The highest BCUT2D eigenvalue weighted by Gasteiger charge is 2.12. The van der Waals surface area contributed by atoms with Gasteiger partial charge in [0.25, 0.3) is 0 Å². The lowest BCUT2D eigenvalue weighted by Crippen LogP contribution is -2.25. The predicted molar refractivity (Wildman–Crippen MR) is 196 cm³/mol. The molecule has 0 saturated heterocycles. The van der Waals surface area contributed by atoms with E-state index in [2.05, 4.69) is 20.8 Å². The van der Waals surface area contributed by atoms with Crippen molar-refractivity contribution in [2.24, 2.45) is 5.92 Å². The van der Waals surface area contributed by atoms with Crippen LogP contribution in [0.3, 0.4) is 0 Å². The van der Waals surface area contributed by atoms with Crippen molar-refractivity contribution in [3.05, 3.63) is 0 Å². The second-order valence-corrected chi connectivity index (χ2v) is 14.6. The first-order valence-corrected chi connectivity index (χ1v) is 20.4. The maximum absolute atomic E-state index is 12.0. The number of hydrogen-bond acceptors (Lipinski definition) is 5. The van der Waals surface area contributed by atoms with Crippen LogP contribution in [0.1, 0.15) is 226 Å². The molecule has 0 aliphatic carbocycles. The summed E-state index contributed by atoms with van der Waals surface area (Å²) in [5.74, 6) is 0.313. The zero-order valence-corrected chi connectivity index (χ0v) is 31.3. The monoisotopic (exact) mass is 653 g/mol. The molecule has 0 aromatic rings. The molecule has 0 saturated carbocycles. The minimum atomic E-state index is -0.954. The molecule has 0 amide bonds. The van der Waals surface area contributed by atoms with Gasteiger partial charge in [-0.25, -0.2) is 0 Å². The van der Waals surface area contributed by atoms with Gasteiger partial charge in [-0.1, -0.05) is 201 Å². The van der Waals surface area contributed by atoms with Gasteiger partial charge in [-0.2, -0.15) is 0 Å². The number of carbonyl (C=O) groups is 2. The first-order valence-electron chi connectivity index (χ1n) is 20.4. The molecule has 0 unspecified atom stereocenters. The molecule has 46 heavy (non-hydrogen) atoms. The topological polar surface area (TPSA) is 72.8 Å². The molecule has 0 bridgehead atoms. The Bertz CT molecular complexity index is 634. The summed E-state index contributed by atoms with van der Waals surface area (Å²) < 4.78 is 10.3. The van der Waals surface area contributed by atoms with Crippen molar-refractivity contribution in [1.82, 2.24) is 0 Å². The Labute approximate surface area is 287 Å². The van der Waals surface area contributed by atoms with Gasteiger partial charge in [0, 0.05) is 12.8 Å². The number of hydrogen-bond donors (Lipinski definition) is 1. The van der Waals surface area contributed by atoms with Gasteiger partial charge in [-0.15, -0.1) is 0 Å². The van der Waals surface area contributed by atoms with E-state index in [4.69, 9.17) is 9.47 Å². The number of unbranched alkanes of at least 4 members (excludes halogenated alkanes) is 27. The number of rotatable bonds is 37. The Kier molecular flexibility index (Phi) is 35.9. The summed E-state index contributed by atoms with van der Waals surface area (Å²) in [6, 6.07) is 0. The van der Waals surface area contributed by atoms with Crippen molar-refractivity contribution in [1.29, 1.82) is 0 Å². The van der Waals surface area contributed by atoms with Gasteiger partial charge in [-0.05, 0) is 18.8 Å². The first-order chi connectivity index (χ1) is 22.5. The zero-order valence-electron chi connectivity index (χ0n) is 31.3. The van der Waals surface area contributed by atoms with Crippen molar-refractivity contribution in [2.75, 3.05) is 13.2 Å². The van der Waals surface area contributed by atoms with E-state index < -0.39 is 6.10 Å². The van der Waals surface area contributed by atoms with Crippen molar-refractivity contribution in [3.63, 3.8) is 0 Å². The molecular formula is C41H80O5. The molecule has 0 heterocycles. The van der Waals surface area contributed by atoms with E-state index in [9.17, 15) is 14.7 Å². The van der Waals surface area contributed by atoms with Gasteiger partial charge in [0.15, 0.2) is 0 Å². The maximum atomic E-state index is 12.0. The summed E-state index contributed by atoms with van der Waals surface area (Å²) >= 11 is 0. The van der Waals surface area contributed by atoms with Crippen LogP contribution in [0.5, 0.6) is 0 Å². The quantitative estimate of drug-likeness (QED) is 0.0534. The molecule has 0 aliphatic rings. The number of aliphatic hydroxyl groups is 1. The highest BCUT2D eigenvalue weighted by Crippen LogP contribution is 2.16. The third-order valence-corrected chi connectivity index (χ3v) is 9.27. The first kappa shape index (κ1) is 44.9. The van der Waals surface area contributed by atoms with E-state index in [1.165, 1.54) is 167 Å². The summed E-state index contributed by atoms with van der Waals surface area (Å²) in [6.45, 7) is 6.69. The Morgan fingerprint density at radius 2 is 0.696 bits per heavy atom. The van der Waals surface area contributed by atoms with Gasteiger partial charge in [-0.3, -0.25) is 9.59 Å². The van der Waals surface area contributed by atoms with Gasteiger partial charge in [0.2, 0.25) is 0 Å². The smallest absolute Gasteiger partial charge is 0.305 e. The SMILES string of the molecule is CCCCCCCCCCCCCC(=O)OC[C@@H](O)COC(=O)CCCCCCCCCCCCCCCCCCCCC(C)C. The van der Waals surface area contributed by atoms with Gasteiger partial charge in [0.1, 0.15) is 19.3 Å². The predicted octanol–water partition coefficient (Wildman–Crippen LogP) is 12.6. The molecule has 0 aromatic heterocycles. The van der Waals surface area contributed by atoms with Crippen molar-refractivity contribution < 1.29 is 24.2 Å². The molecule has 0 radical (unpaired) electrons. The summed E-state index contributed by atoms with van der Waals surface area (Å²) in [5.41, 5.74) is 0. The molecule has 0 rings (SSSR count). The molecule has 1 N–H and O–H groups in total. The summed E-state index contributed by atoms with van der Waals surface area (Å²) in [4.78, 5) is 23.9. The Balaban J connectivity index is 3.35. The molecule has 5 nitrogen and oxygen atoms in total. The second kappa shape index (κ2) is 36.7. The Morgan fingerprint density at radius 1 is 0.435 bits per heavy atom. The van der Waals surface area contributed by atoms with Crippen molar-refractivity contribution >= 4 is 11.9 Å². The standard InChI is InChI=1S/C41H80O5/c1-4-5-6-7-8-9-18-22-25-28-31-34-40(43)45-36-39(42)37-46-41(44)35-32-29-26-23-20-17-15-13-11-10-12-14-16-19-21-24-27-30-33-38(2)3/h38-39,42H,4-37H2,1-3H3/t39-/m1/s1. The maximum Gasteiger partial charge on any atom is 0.305 e. The van der Waals surface area contributed by atoms with Crippen molar-refractivity contribution in [3.8, 4) is 0 Å². The summed E-state index contributed by atoms with van der Waals surface area (Å²) in [7, 11) is 0. The number of esters is 2. The molecule has 0 spiro atoms. The fourth-order valence-corrected chi connectivity index (χ4v) is 6.15. The van der Waals surface area contributed by atoms with E-state index in [1.54, 1.807) is 0 Å². The molecule has 0 aliphatic heterocycles. The van der Waals surface area contributed by atoms with Crippen LogP contribution in [0.15, 0.2) is 0 Å². The molecule has 274 valence electrons. The van der Waals surface area contributed by atoms with E-state index in [0.29, 0.717) is 12.8 Å². The van der Waals surface area contributed by atoms with E-state index in [-0.39, 0.29) is 25.2 Å². The second-order valence-electron chi connectivity index (χ2n) is 14.6. The Hall–Kier alpha value is -1.10. The van der Waals surface area contributed by atoms with Crippen LogP contribution in [-0.2, 0) is 19.1 Å². The van der Waals surface area contributed by atoms with Gasteiger partial charge >= 0.3 is 11.9 Å². The van der Waals surface area contributed by atoms with Crippen LogP contribution in [0.2, 0.25) is 0 Å². The van der Waals surface area contributed by atoms with Crippen LogP contribution in [-0.4, -0.2) is 36.4 Å².